The van der Waals surface area contributed by atoms with Gasteiger partial charge < -0.3 is 5.73 Å². The number of anilines is 1. The lowest BCUT2D eigenvalue weighted by Crippen LogP contribution is -1.83. The molecule has 0 fully saturated rings. The van der Waals surface area contributed by atoms with Gasteiger partial charge in [0.25, 0.3) is 0 Å². The molecule has 0 unspecified atom stereocenters. The molecule has 0 aliphatic carbocycles. The largest absolute Gasteiger partial charge is 0.380 e. The smallest absolute Gasteiger partial charge is 0.173 e. The predicted molar refractivity (Wildman–Crippen MR) is 79.0 cm³/mol. The number of aromatic amines is 1. The van der Waals surface area contributed by atoms with Crippen LogP contribution in [0.2, 0.25) is 0 Å². The van der Waals surface area contributed by atoms with Crippen LogP contribution in [0.25, 0.3) is 11.3 Å². The van der Waals surface area contributed by atoms with Crippen molar-refractivity contribution in [2.75, 3.05) is 5.73 Å². The summed E-state index contributed by atoms with van der Waals surface area (Å²) in [4.78, 5) is 0. The third-order valence-corrected chi connectivity index (χ3v) is 2.94. The molecule has 0 bridgehead atoms. The summed E-state index contributed by atoms with van der Waals surface area (Å²) in [7, 11) is 0. The summed E-state index contributed by atoms with van der Waals surface area (Å²) in [6.07, 6.45) is 0. The molecular weight excluding hydrogens is 269 g/mol. The topological polar surface area (TPSA) is 79.4 Å². The zero-order valence-corrected chi connectivity index (χ0v) is 11.0. The summed E-state index contributed by atoms with van der Waals surface area (Å²) >= 11 is 0. The zero-order valence-electron chi connectivity index (χ0n) is 11.0. The van der Waals surface area contributed by atoms with E-state index < -0.39 is 5.82 Å². The van der Waals surface area contributed by atoms with Crippen LogP contribution in [-0.2, 0) is 0 Å². The quantitative estimate of drug-likeness (QED) is 0.705. The van der Waals surface area contributed by atoms with Gasteiger partial charge in [0.15, 0.2) is 17.3 Å². The second kappa shape index (κ2) is 5.54. The maximum Gasteiger partial charge on any atom is 0.173 e. The van der Waals surface area contributed by atoms with Gasteiger partial charge in [-0.05, 0) is 12.1 Å². The van der Waals surface area contributed by atoms with Crippen molar-refractivity contribution >= 4 is 17.2 Å². The summed E-state index contributed by atoms with van der Waals surface area (Å²) in [5, 5.41) is 14.7. The molecule has 0 saturated carbocycles. The minimum absolute atomic E-state index is 0.150. The minimum atomic E-state index is -0.440. The fourth-order valence-corrected chi connectivity index (χ4v) is 1.89. The third kappa shape index (κ3) is 2.64. The first-order chi connectivity index (χ1) is 10.3. The number of nitrogens with zero attached hydrogens (tertiary/aromatic N) is 3. The molecule has 0 aliphatic rings. The number of nitrogens with one attached hydrogen (secondary N) is 1. The molecule has 6 heteroatoms. The van der Waals surface area contributed by atoms with Gasteiger partial charge in [-0.15, -0.1) is 10.2 Å². The number of nitrogen functional groups attached to an aromatic ring is 1. The Hall–Kier alpha value is -3.02. The lowest BCUT2D eigenvalue weighted by molar-refractivity contribution is 0.628. The van der Waals surface area contributed by atoms with Gasteiger partial charge in [0.2, 0.25) is 0 Å². The van der Waals surface area contributed by atoms with E-state index in [0.29, 0.717) is 11.4 Å². The molecule has 5 nitrogen and oxygen atoms in total. The lowest BCUT2D eigenvalue weighted by atomic mass is 10.1. The van der Waals surface area contributed by atoms with E-state index in [1.165, 1.54) is 12.1 Å². The lowest BCUT2D eigenvalue weighted by Gasteiger charge is -1.99. The van der Waals surface area contributed by atoms with E-state index >= 15 is 0 Å². The molecule has 2 aromatic carbocycles. The Morgan fingerprint density at radius 1 is 0.952 bits per heavy atom. The van der Waals surface area contributed by atoms with Crippen LogP contribution in [-0.4, -0.2) is 10.2 Å². The van der Waals surface area contributed by atoms with E-state index in [9.17, 15) is 4.39 Å². The Balaban J connectivity index is 2.00. The molecule has 21 heavy (non-hydrogen) atoms. The second-order valence-electron chi connectivity index (χ2n) is 4.35. The van der Waals surface area contributed by atoms with E-state index in [4.69, 9.17) is 5.73 Å². The Morgan fingerprint density at radius 2 is 1.67 bits per heavy atom. The Labute approximate surface area is 120 Å². The summed E-state index contributed by atoms with van der Waals surface area (Å²) < 4.78 is 13.5. The van der Waals surface area contributed by atoms with Gasteiger partial charge in [0.1, 0.15) is 5.69 Å². The minimum Gasteiger partial charge on any atom is -0.380 e. The number of rotatable bonds is 3. The second-order valence-corrected chi connectivity index (χ2v) is 4.35. The maximum absolute atomic E-state index is 13.5. The normalized spacial score (nSPS) is 11.1. The Morgan fingerprint density at radius 3 is 2.43 bits per heavy atom. The van der Waals surface area contributed by atoms with Crippen molar-refractivity contribution in [3.63, 3.8) is 0 Å². The van der Waals surface area contributed by atoms with Crippen LogP contribution >= 0.6 is 0 Å². The number of H-pyrrole nitrogens is 1. The maximum atomic E-state index is 13.5. The number of hydrogen-bond donors (Lipinski definition) is 2. The molecule has 3 rings (SSSR count). The molecule has 0 saturated heterocycles. The fraction of sp³-hybridized carbons (Fsp3) is 0. The van der Waals surface area contributed by atoms with Crippen LogP contribution in [0.5, 0.6) is 0 Å². The van der Waals surface area contributed by atoms with Crippen molar-refractivity contribution < 1.29 is 4.39 Å². The van der Waals surface area contributed by atoms with Crippen molar-refractivity contribution in [2.24, 2.45) is 10.2 Å². The zero-order chi connectivity index (χ0) is 14.7. The fourth-order valence-electron chi connectivity index (χ4n) is 1.89. The average Bonchev–Trinajstić information content (AvgIpc) is 2.88. The molecular formula is C15H12FN5. The summed E-state index contributed by atoms with van der Waals surface area (Å²) in [5.41, 5.74) is 7.86. The van der Waals surface area contributed by atoms with Crippen molar-refractivity contribution in [3.05, 3.63) is 60.4 Å². The van der Waals surface area contributed by atoms with Gasteiger partial charge in [0.05, 0.1) is 5.69 Å². The molecule has 0 spiro atoms. The monoisotopic (exact) mass is 281 g/mol. The van der Waals surface area contributed by atoms with Crippen molar-refractivity contribution in [1.29, 1.82) is 0 Å². The molecule has 3 N–H and O–H groups in total. The first-order valence-electron chi connectivity index (χ1n) is 6.31. The van der Waals surface area contributed by atoms with E-state index in [2.05, 4.69) is 20.4 Å². The Kier molecular flexibility index (Phi) is 3.42. The van der Waals surface area contributed by atoms with Gasteiger partial charge in [-0.3, -0.25) is 5.10 Å². The molecule has 0 radical (unpaired) electrons. The van der Waals surface area contributed by atoms with Crippen molar-refractivity contribution in [1.82, 2.24) is 10.2 Å². The van der Waals surface area contributed by atoms with Gasteiger partial charge in [0, 0.05) is 5.56 Å². The highest BCUT2D eigenvalue weighted by Gasteiger charge is 2.12. The number of hydrogen-bond acceptors (Lipinski definition) is 4. The van der Waals surface area contributed by atoms with E-state index in [1.54, 1.807) is 12.1 Å². The molecule has 1 heterocycles. The molecule has 0 aliphatic heterocycles. The van der Waals surface area contributed by atoms with Crippen molar-refractivity contribution in [3.8, 4) is 11.3 Å². The van der Waals surface area contributed by atoms with Crippen LogP contribution in [0.15, 0.2) is 64.8 Å². The third-order valence-electron chi connectivity index (χ3n) is 2.94. The highest BCUT2D eigenvalue weighted by atomic mass is 19.1. The summed E-state index contributed by atoms with van der Waals surface area (Å²) in [6.45, 7) is 0. The standard InChI is InChI=1S/C15H12FN5/c16-11-8-4-5-9-12(11)18-20-14-13(19-21-15(14)17)10-6-2-1-3-7-10/h1-9H,(H3,17,19,21). The summed E-state index contributed by atoms with van der Waals surface area (Å²) in [6, 6.07) is 15.6. The highest BCUT2D eigenvalue weighted by Crippen LogP contribution is 2.34. The molecule has 3 aromatic rings. The van der Waals surface area contributed by atoms with Gasteiger partial charge in [-0.1, -0.05) is 42.5 Å². The van der Waals surface area contributed by atoms with Crippen molar-refractivity contribution in [2.45, 2.75) is 0 Å². The number of azo groups is 1. The van der Waals surface area contributed by atoms with E-state index in [0.717, 1.165) is 5.56 Å². The highest BCUT2D eigenvalue weighted by molar-refractivity contribution is 5.79. The Bertz CT molecular complexity index is 780. The number of benzene rings is 2. The number of halogens is 1. The predicted octanol–water partition coefficient (Wildman–Crippen LogP) is 4.21. The van der Waals surface area contributed by atoms with E-state index in [1.807, 2.05) is 30.3 Å². The summed E-state index contributed by atoms with van der Waals surface area (Å²) in [5.74, 6) is -0.224. The van der Waals surface area contributed by atoms with Gasteiger partial charge in [-0.2, -0.15) is 5.10 Å². The molecule has 0 amide bonds. The van der Waals surface area contributed by atoms with Gasteiger partial charge in [-0.25, -0.2) is 4.39 Å². The van der Waals surface area contributed by atoms with Crippen LogP contribution in [0, 0.1) is 5.82 Å². The first-order valence-corrected chi connectivity index (χ1v) is 6.31. The number of nitrogens with two attached hydrogens (primary N) is 1. The van der Waals surface area contributed by atoms with Crippen LogP contribution in [0.1, 0.15) is 0 Å². The SMILES string of the molecule is Nc1n[nH]c(-c2ccccc2)c1N=Nc1ccccc1F. The average molecular weight is 281 g/mol. The van der Waals surface area contributed by atoms with E-state index in [-0.39, 0.29) is 11.5 Å². The molecule has 104 valence electrons. The van der Waals surface area contributed by atoms with Crippen LogP contribution in [0.3, 0.4) is 0 Å². The van der Waals surface area contributed by atoms with Crippen LogP contribution in [0.4, 0.5) is 21.6 Å². The molecule has 1 aromatic heterocycles. The first kappa shape index (κ1) is 13.0. The molecule has 0 atom stereocenters. The van der Waals surface area contributed by atoms with Crippen LogP contribution < -0.4 is 5.73 Å². The van der Waals surface area contributed by atoms with Gasteiger partial charge >= 0.3 is 0 Å². The number of aromatic nitrogens is 2.